The summed E-state index contributed by atoms with van der Waals surface area (Å²) in [6, 6.07) is 20.9. The molecule has 1 unspecified atom stereocenters. The molecule has 1 atom stereocenters. The third-order valence-corrected chi connectivity index (χ3v) is 6.11. The summed E-state index contributed by atoms with van der Waals surface area (Å²) in [5, 5.41) is 11.9. The van der Waals surface area contributed by atoms with E-state index in [1.54, 1.807) is 7.11 Å². The van der Waals surface area contributed by atoms with Gasteiger partial charge in [-0.05, 0) is 61.5 Å². The van der Waals surface area contributed by atoms with Crippen LogP contribution in [-0.2, 0) is 4.79 Å². The fourth-order valence-electron chi connectivity index (χ4n) is 3.28. The molecular weight excluding hydrogens is 491 g/mol. The molecule has 35 heavy (non-hydrogen) atoms. The van der Waals surface area contributed by atoms with Crippen molar-refractivity contribution in [2.75, 3.05) is 18.2 Å². The summed E-state index contributed by atoms with van der Waals surface area (Å²) in [5.74, 6) is 0.963. The predicted octanol–water partition coefficient (Wildman–Crippen LogP) is 5.94. The fraction of sp³-hybridized carbons (Fsp3) is 0.160. The Balaban J connectivity index is 1.52. The monoisotopic (exact) mass is 512 g/mol. The van der Waals surface area contributed by atoms with Crippen LogP contribution in [0.15, 0.2) is 78.0 Å². The molecule has 0 radical (unpaired) electrons. The number of benzene rings is 3. The highest BCUT2D eigenvalue weighted by Crippen LogP contribution is 2.29. The number of amides is 1. The molecule has 0 spiro atoms. The first-order valence-corrected chi connectivity index (χ1v) is 12.0. The number of para-hydroxylation sites is 1. The molecule has 10 heteroatoms. The maximum absolute atomic E-state index is 14.0. The van der Waals surface area contributed by atoms with Crippen LogP contribution in [0.2, 0.25) is 5.02 Å². The van der Waals surface area contributed by atoms with Gasteiger partial charge in [0, 0.05) is 10.7 Å². The minimum atomic E-state index is -0.602. The summed E-state index contributed by atoms with van der Waals surface area (Å²) in [6.07, 6.45) is -0.442. The molecule has 0 aliphatic carbocycles. The number of anilines is 1. The summed E-state index contributed by atoms with van der Waals surface area (Å²) in [7, 11) is 1.60. The average molecular weight is 513 g/mol. The number of nitrogens with one attached hydrogen (secondary N) is 1. The molecule has 1 amide bonds. The highest BCUT2D eigenvalue weighted by molar-refractivity contribution is 7.99. The minimum Gasteiger partial charge on any atom is -0.497 e. The number of ether oxygens (including phenoxy) is 2. The standard InChI is InChI=1S/C25H22ClFN4O3S/c1-16(34-20-11-9-19(33-2)10-12-20)24-29-30-25(31(24)18-6-4-3-5-7-18)35-15-23(32)28-22-13-8-17(26)14-21(22)27/h3-14,16H,15H2,1-2H3,(H,28,32). The number of nitrogens with zero attached hydrogens (tertiary/aromatic N) is 3. The van der Waals surface area contributed by atoms with Crippen LogP contribution in [0.1, 0.15) is 18.9 Å². The smallest absolute Gasteiger partial charge is 0.234 e. The van der Waals surface area contributed by atoms with Gasteiger partial charge in [-0.25, -0.2) is 4.39 Å². The van der Waals surface area contributed by atoms with Crippen LogP contribution < -0.4 is 14.8 Å². The third kappa shape index (κ3) is 6.12. The first-order valence-electron chi connectivity index (χ1n) is 10.6. The van der Waals surface area contributed by atoms with Crippen molar-refractivity contribution in [3.63, 3.8) is 0 Å². The van der Waals surface area contributed by atoms with Gasteiger partial charge in [0.05, 0.1) is 18.6 Å². The highest BCUT2D eigenvalue weighted by Gasteiger charge is 2.22. The van der Waals surface area contributed by atoms with Crippen LogP contribution >= 0.6 is 23.4 Å². The Morgan fingerprint density at radius 2 is 1.80 bits per heavy atom. The quantitative estimate of drug-likeness (QED) is 0.280. The Kier molecular flexibility index (Phi) is 7.89. The normalized spacial score (nSPS) is 11.7. The molecule has 0 aliphatic rings. The number of methoxy groups -OCH3 is 1. The summed E-state index contributed by atoms with van der Waals surface area (Å²) in [4.78, 5) is 12.5. The average Bonchev–Trinajstić information content (AvgIpc) is 3.30. The molecule has 0 bridgehead atoms. The molecule has 0 saturated carbocycles. The van der Waals surface area contributed by atoms with Crippen LogP contribution in [-0.4, -0.2) is 33.5 Å². The van der Waals surface area contributed by atoms with Gasteiger partial charge >= 0.3 is 0 Å². The number of thioether (sulfide) groups is 1. The lowest BCUT2D eigenvalue weighted by Gasteiger charge is -2.17. The molecule has 4 rings (SSSR count). The zero-order valence-corrected chi connectivity index (χ0v) is 20.5. The summed E-state index contributed by atoms with van der Waals surface area (Å²) in [5.41, 5.74) is 0.885. The number of carbonyl (C=O) groups excluding carboxylic acids is 1. The number of hydrogen-bond acceptors (Lipinski definition) is 6. The van der Waals surface area contributed by atoms with E-state index in [4.69, 9.17) is 21.1 Å². The van der Waals surface area contributed by atoms with Gasteiger partial charge in [-0.15, -0.1) is 10.2 Å². The molecular formula is C25H22ClFN4O3S. The minimum absolute atomic E-state index is 0.000745. The van der Waals surface area contributed by atoms with Crippen molar-refractivity contribution in [3.8, 4) is 17.2 Å². The fourth-order valence-corrected chi connectivity index (χ4v) is 4.19. The zero-order valence-electron chi connectivity index (χ0n) is 18.9. The van der Waals surface area contributed by atoms with Crippen molar-refractivity contribution >= 4 is 35.0 Å². The topological polar surface area (TPSA) is 78.3 Å². The van der Waals surface area contributed by atoms with Crippen molar-refractivity contribution in [2.24, 2.45) is 0 Å². The molecule has 3 aromatic carbocycles. The van der Waals surface area contributed by atoms with Gasteiger partial charge in [0.25, 0.3) is 0 Å². The number of hydrogen-bond donors (Lipinski definition) is 1. The van der Waals surface area contributed by atoms with Gasteiger partial charge in [0.1, 0.15) is 17.3 Å². The Bertz CT molecular complexity index is 1300. The van der Waals surface area contributed by atoms with E-state index in [0.717, 1.165) is 17.5 Å². The van der Waals surface area contributed by atoms with Crippen LogP contribution in [0, 0.1) is 5.82 Å². The van der Waals surface area contributed by atoms with E-state index in [9.17, 15) is 9.18 Å². The molecule has 1 heterocycles. The van der Waals surface area contributed by atoms with Crippen LogP contribution in [0.4, 0.5) is 10.1 Å². The Morgan fingerprint density at radius 1 is 1.09 bits per heavy atom. The van der Waals surface area contributed by atoms with E-state index < -0.39 is 11.9 Å². The van der Waals surface area contributed by atoms with Crippen LogP contribution in [0.3, 0.4) is 0 Å². The molecule has 1 aromatic heterocycles. The van der Waals surface area contributed by atoms with E-state index in [0.29, 0.717) is 16.7 Å². The van der Waals surface area contributed by atoms with Crippen molar-refractivity contribution < 1.29 is 18.7 Å². The largest absolute Gasteiger partial charge is 0.497 e. The van der Waals surface area contributed by atoms with Gasteiger partial charge in [-0.2, -0.15) is 0 Å². The maximum Gasteiger partial charge on any atom is 0.234 e. The van der Waals surface area contributed by atoms with E-state index in [-0.39, 0.29) is 22.4 Å². The molecule has 0 fully saturated rings. The number of carbonyl (C=O) groups is 1. The van der Waals surface area contributed by atoms with E-state index >= 15 is 0 Å². The van der Waals surface area contributed by atoms with Gasteiger partial charge in [0.15, 0.2) is 17.1 Å². The molecule has 0 aliphatic heterocycles. The molecule has 4 aromatic rings. The van der Waals surface area contributed by atoms with Crippen molar-refractivity contribution in [1.29, 1.82) is 0 Å². The first-order chi connectivity index (χ1) is 16.9. The summed E-state index contributed by atoms with van der Waals surface area (Å²) < 4.78 is 27.1. The van der Waals surface area contributed by atoms with E-state index in [1.807, 2.05) is 66.1 Å². The van der Waals surface area contributed by atoms with Crippen LogP contribution in [0.25, 0.3) is 5.69 Å². The maximum atomic E-state index is 14.0. The molecule has 1 N–H and O–H groups in total. The number of halogens is 2. The second-order valence-corrected chi connectivity index (χ2v) is 8.79. The lowest BCUT2D eigenvalue weighted by molar-refractivity contribution is -0.113. The summed E-state index contributed by atoms with van der Waals surface area (Å²) in [6.45, 7) is 1.87. The van der Waals surface area contributed by atoms with E-state index in [1.165, 1.54) is 23.9 Å². The highest BCUT2D eigenvalue weighted by atomic mass is 35.5. The number of rotatable bonds is 9. The molecule has 7 nitrogen and oxygen atoms in total. The van der Waals surface area contributed by atoms with Crippen molar-refractivity contribution in [1.82, 2.24) is 14.8 Å². The zero-order chi connectivity index (χ0) is 24.8. The Labute approximate surface area is 211 Å². The summed E-state index contributed by atoms with van der Waals surface area (Å²) >= 11 is 6.96. The second-order valence-electron chi connectivity index (χ2n) is 7.41. The van der Waals surface area contributed by atoms with Gasteiger partial charge in [-0.3, -0.25) is 9.36 Å². The van der Waals surface area contributed by atoms with E-state index in [2.05, 4.69) is 15.5 Å². The van der Waals surface area contributed by atoms with Gasteiger partial charge < -0.3 is 14.8 Å². The first kappa shape index (κ1) is 24.6. The lowest BCUT2D eigenvalue weighted by Crippen LogP contribution is -2.16. The van der Waals surface area contributed by atoms with Crippen LogP contribution in [0.5, 0.6) is 11.5 Å². The second kappa shape index (κ2) is 11.2. The Morgan fingerprint density at radius 3 is 2.49 bits per heavy atom. The van der Waals surface area contributed by atoms with Gasteiger partial charge in [0.2, 0.25) is 5.91 Å². The molecule has 0 saturated heterocycles. The molecule has 180 valence electrons. The lowest BCUT2D eigenvalue weighted by atomic mass is 10.3. The predicted molar refractivity (Wildman–Crippen MR) is 134 cm³/mol. The van der Waals surface area contributed by atoms with Crippen molar-refractivity contribution in [2.45, 2.75) is 18.2 Å². The van der Waals surface area contributed by atoms with Crippen molar-refractivity contribution in [3.05, 3.63) is 89.5 Å². The third-order valence-electron chi connectivity index (χ3n) is 4.95. The number of aromatic nitrogens is 3. The SMILES string of the molecule is COc1ccc(OC(C)c2nnc(SCC(=O)Nc3ccc(Cl)cc3F)n2-c2ccccc2)cc1. The Hall–Kier alpha value is -3.56. The van der Waals surface area contributed by atoms with Gasteiger partial charge in [-0.1, -0.05) is 41.6 Å².